The molecule has 5 nitrogen and oxygen atoms in total. The number of likely N-dealkylation sites (tertiary alicyclic amines) is 1. The lowest BCUT2D eigenvalue weighted by molar-refractivity contribution is 0.244. The maximum absolute atomic E-state index is 4.74. The lowest BCUT2D eigenvalue weighted by Gasteiger charge is -2.24. The SMILES string of the molecule is c1ccc(CN2CCC[C@H]2c2ccnc(Nc3ccccn3)n2)cc1. The van der Waals surface area contributed by atoms with Crippen molar-refractivity contribution in [3.05, 3.63) is 78.2 Å². The molecule has 1 saturated heterocycles. The first-order chi connectivity index (χ1) is 12.4. The quantitative estimate of drug-likeness (QED) is 0.767. The van der Waals surface area contributed by atoms with E-state index in [2.05, 4.69) is 50.5 Å². The number of nitrogens with zero attached hydrogens (tertiary/aromatic N) is 4. The van der Waals surface area contributed by atoms with Crippen LogP contribution in [0.4, 0.5) is 11.8 Å². The van der Waals surface area contributed by atoms with E-state index in [1.54, 1.807) is 6.20 Å². The summed E-state index contributed by atoms with van der Waals surface area (Å²) in [5, 5.41) is 3.18. The molecule has 5 heteroatoms. The monoisotopic (exact) mass is 331 g/mol. The van der Waals surface area contributed by atoms with Gasteiger partial charge in [-0.05, 0) is 43.1 Å². The largest absolute Gasteiger partial charge is 0.309 e. The molecule has 1 aliphatic heterocycles. The summed E-state index contributed by atoms with van der Waals surface area (Å²) in [6.07, 6.45) is 5.91. The van der Waals surface area contributed by atoms with Crippen LogP contribution in [0, 0.1) is 0 Å². The second kappa shape index (κ2) is 7.40. The van der Waals surface area contributed by atoms with Gasteiger partial charge in [-0.3, -0.25) is 4.90 Å². The van der Waals surface area contributed by atoms with Crippen molar-refractivity contribution in [2.75, 3.05) is 11.9 Å². The molecule has 0 aliphatic carbocycles. The van der Waals surface area contributed by atoms with Crippen LogP contribution in [-0.4, -0.2) is 26.4 Å². The van der Waals surface area contributed by atoms with E-state index < -0.39 is 0 Å². The van der Waals surface area contributed by atoms with Crippen molar-refractivity contribution in [3.63, 3.8) is 0 Å². The van der Waals surface area contributed by atoms with Gasteiger partial charge in [-0.2, -0.15) is 0 Å². The Labute approximate surface area is 147 Å². The number of pyridine rings is 1. The molecule has 0 spiro atoms. The van der Waals surface area contributed by atoms with E-state index in [-0.39, 0.29) is 0 Å². The number of hydrogen-bond acceptors (Lipinski definition) is 5. The second-order valence-electron chi connectivity index (χ2n) is 6.26. The molecule has 0 amide bonds. The minimum atomic E-state index is 0.340. The molecule has 126 valence electrons. The van der Waals surface area contributed by atoms with Gasteiger partial charge in [0.2, 0.25) is 5.95 Å². The average Bonchev–Trinajstić information content (AvgIpc) is 3.12. The Hall–Kier alpha value is -2.79. The summed E-state index contributed by atoms with van der Waals surface area (Å²) in [7, 11) is 0. The molecule has 1 fully saturated rings. The molecule has 3 heterocycles. The first kappa shape index (κ1) is 15.7. The standard InChI is InChI=1S/C20H21N5/c1-2-7-16(8-3-1)15-25-14-6-9-18(25)17-11-13-22-20(23-17)24-19-10-4-5-12-21-19/h1-5,7-8,10-13,18H,6,9,14-15H2,(H,21,22,23,24)/t18-/m0/s1. The molecular formula is C20H21N5. The highest BCUT2D eigenvalue weighted by molar-refractivity contribution is 5.46. The van der Waals surface area contributed by atoms with Gasteiger partial charge in [-0.25, -0.2) is 15.0 Å². The van der Waals surface area contributed by atoms with Crippen LogP contribution in [0.3, 0.4) is 0 Å². The zero-order chi connectivity index (χ0) is 16.9. The fraction of sp³-hybridized carbons (Fsp3) is 0.250. The number of hydrogen-bond donors (Lipinski definition) is 1. The predicted octanol–water partition coefficient (Wildman–Crippen LogP) is 3.95. The van der Waals surface area contributed by atoms with Gasteiger partial charge < -0.3 is 5.32 Å². The van der Waals surface area contributed by atoms with Gasteiger partial charge in [-0.15, -0.1) is 0 Å². The maximum Gasteiger partial charge on any atom is 0.228 e. The summed E-state index contributed by atoms with van der Waals surface area (Å²) in [5.74, 6) is 1.36. The molecule has 25 heavy (non-hydrogen) atoms. The van der Waals surface area contributed by atoms with Crippen molar-refractivity contribution < 1.29 is 0 Å². The van der Waals surface area contributed by atoms with Crippen molar-refractivity contribution >= 4 is 11.8 Å². The third-order valence-electron chi connectivity index (χ3n) is 4.52. The maximum atomic E-state index is 4.74. The van der Waals surface area contributed by atoms with Crippen molar-refractivity contribution in [2.45, 2.75) is 25.4 Å². The van der Waals surface area contributed by atoms with E-state index >= 15 is 0 Å². The fourth-order valence-electron chi connectivity index (χ4n) is 3.34. The zero-order valence-corrected chi connectivity index (χ0v) is 14.0. The highest BCUT2D eigenvalue weighted by Crippen LogP contribution is 2.32. The second-order valence-corrected chi connectivity index (χ2v) is 6.26. The number of rotatable bonds is 5. The molecule has 0 saturated carbocycles. The third-order valence-corrected chi connectivity index (χ3v) is 4.52. The molecule has 1 aliphatic rings. The molecule has 2 aromatic heterocycles. The van der Waals surface area contributed by atoms with Crippen molar-refractivity contribution in [2.24, 2.45) is 0 Å². The minimum Gasteiger partial charge on any atom is -0.309 e. The first-order valence-corrected chi connectivity index (χ1v) is 8.67. The van der Waals surface area contributed by atoms with Crippen LogP contribution in [0.15, 0.2) is 67.0 Å². The summed E-state index contributed by atoms with van der Waals surface area (Å²) in [5.41, 5.74) is 2.41. The van der Waals surface area contributed by atoms with Gasteiger partial charge in [0.25, 0.3) is 0 Å². The number of nitrogens with one attached hydrogen (secondary N) is 1. The molecule has 0 unspecified atom stereocenters. The summed E-state index contributed by atoms with van der Waals surface area (Å²) < 4.78 is 0. The normalized spacial score (nSPS) is 17.5. The van der Waals surface area contributed by atoms with Gasteiger partial charge in [0.15, 0.2) is 0 Å². The molecule has 1 aromatic carbocycles. The highest BCUT2D eigenvalue weighted by Gasteiger charge is 2.27. The fourth-order valence-corrected chi connectivity index (χ4v) is 3.34. The zero-order valence-electron chi connectivity index (χ0n) is 14.0. The van der Waals surface area contributed by atoms with Crippen molar-refractivity contribution in [1.29, 1.82) is 0 Å². The summed E-state index contributed by atoms with van der Waals surface area (Å²) in [6, 6.07) is 18.7. The summed E-state index contributed by atoms with van der Waals surface area (Å²) in [6.45, 7) is 2.06. The van der Waals surface area contributed by atoms with Crippen LogP contribution in [0.1, 0.15) is 30.1 Å². The van der Waals surface area contributed by atoms with Crippen LogP contribution in [0.5, 0.6) is 0 Å². The number of aromatic nitrogens is 3. The highest BCUT2D eigenvalue weighted by atomic mass is 15.2. The van der Waals surface area contributed by atoms with Gasteiger partial charge in [0, 0.05) is 18.9 Å². The Morgan fingerprint density at radius 1 is 0.960 bits per heavy atom. The molecule has 1 atom stereocenters. The summed E-state index contributed by atoms with van der Waals surface area (Å²) >= 11 is 0. The Balaban J connectivity index is 1.51. The third kappa shape index (κ3) is 3.83. The van der Waals surface area contributed by atoms with Gasteiger partial charge >= 0.3 is 0 Å². The molecule has 3 aromatic rings. The van der Waals surface area contributed by atoms with Crippen LogP contribution in [-0.2, 0) is 6.54 Å². The van der Waals surface area contributed by atoms with E-state index in [1.165, 1.54) is 12.0 Å². The Bertz CT molecular complexity index is 807. The lowest BCUT2D eigenvalue weighted by Crippen LogP contribution is -2.23. The van der Waals surface area contributed by atoms with E-state index in [1.807, 2.05) is 30.5 Å². The van der Waals surface area contributed by atoms with E-state index in [0.717, 1.165) is 31.0 Å². The predicted molar refractivity (Wildman–Crippen MR) is 98.4 cm³/mol. The van der Waals surface area contributed by atoms with Crippen molar-refractivity contribution in [1.82, 2.24) is 19.9 Å². The Kier molecular flexibility index (Phi) is 4.65. The smallest absolute Gasteiger partial charge is 0.228 e. The van der Waals surface area contributed by atoms with E-state index in [9.17, 15) is 0 Å². The number of anilines is 2. The van der Waals surface area contributed by atoms with Gasteiger partial charge in [0.1, 0.15) is 5.82 Å². The van der Waals surface area contributed by atoms with Crippen LogP contribution in [0.2, 0.25) is 0 Å². The van der Waals surface area contributed by atoms with Gasteiger partial charge in [-0.1, -0.05) is 36.4 Å². The van der Waals surface area contributed by atoms with E-state index in [4.69, 9.17) is 4.98 Å². The number of benzene rings is 1. The van der Waals surface area contributed by atoms with Crippen molar-refractivity contribution in [3.8, 4) is 0 Å². The molecular weight excluding hydrogens is 310 g/mol. The van der Waals surface area contributed by atoms with Gasteiger partial charge in [0.05, 0.1) is 11.7 Å². The topological polar surface area (TPSA) is 53.9 Å². The van der Waals surface area contributed by atoms with E-state index in [0.29, 0.717) is 12.0 Å². The molecule has 4 rings (SSSR count). The Morgan fingerprint density at radius 2 is 1.84 bits per heavy atom. The van der Waals surface area contributed by atoms with Crippen LogP contribution >= 0.6 is 0 Å². The average molecular weight is 331 g/mol. The Morgan fingerprint density at radius 3 is 2.68 bits per heavy atom. The van der Waals surface area contributed by atoms with Crippen LogP contribution < -0.4 is 5.32 Å². The first-order valence-electron chi connectivity index (χ1n) is 8.67. The summed E-state index contributed by atoms with van der Waals surface area (Å²) in [4.78, 5) is 15.8. The molecule has 1 N–H and O–H groups in total. The molecule has 0 radical (unpaired) electrons. The van der Waals surface area contributed by atoms with Crippen LogP contribution in [0.25, 0.3) is 0 Å². The lowest BCUT2D eigenvalue weighted by atomic mass is 10.1. The minimum absolute atomic E-state index is 0.340. The molecule has 0 bridgehead atoms.